The number of fused-ring (bicyclic) bond motifs is 1. The zero-order valence-corrected chi connectivity index (χ0v) is 15.6. The Labute approximate surface area is 158 Å². The molecule has 0 aliphatic carbocycles. The van der Waals surface area contributed by atoms with Gasteiger partial charge >= 0.3 is 6.18 Å². The van der Waals surface area contributed by atoms with Crippen molar-refractivity contribution in [3.05, 3.63) is 52.2 Å². The van der Waals surface area contributed by atoms with Crippen molar-refractivity contribution < 1.29 is 17.6 Å². The average Bonchev–Trinajstić information content (AvgIpc) is 3.27. The van der Waals surface area contributed by atoms with Crippen LogP contribution in [-0.2, 0) is 12.6 Å². The third-order valence-corrected chi connectivity index (χ3v) is 4.83. The van der Waals surface area contributed by atoms with Crippen LogP contribution in [0.2, 0.25) is 0 Å². The summed E-state index contributed by atoms with van der Waals surface area (Å²) in [4.78, 5) is 7.75. The zero-order chi connectivity index (χ0) is 19.4. The number of halogens is 3. The molecule has 0 saturated carbocycles. The van der Waals surface area contributed by atoms with Crippen LogP contribution in [0.3, 0.4) is 0 Å². The molecular formula is C18H19F3N4OS. The van der Waals surface area contributed by atoms with Crippen molar-refractivity contribution >= 4 is 28.3 Å². The molecular weight excluding hydrogens is 377 g/mol. The first kappa shape index (κ1) is 19.2. The van der Waals surface area contributed by atoms with E-state index in [0.29, 0.717) is 23.9 Å². The summed E-state index contributed by atoms with van der Waals surface area (Å²) < 4.78 is 43.6. The van der Waals surface area contributed by atoms with Crippen molar-refractivity contribution in [1.29, 1.82) is 0 Å². The van der Waals surface area contributed by atoms with Gasteiger partial charge in [-0.2, -0.15) is 13.2 Å². The molecule has 3 aromatic rings. The van der Waals surface area contributed by atoms with Crippen molar-refractivity contribution in [2.24, 2.45) is 4.99 Å². The second-order valence-corrected chi connectivity index (χ2v) is 6.87. The Balaban J connectivity index is 1.54. The molecule has 2 aromatic heterocycles. The summed E-state index contributed by atoms with van der Waals surface area (Å²) in [5.74, 6) is 1.31. The van der Waals surface area contributed by atoms with Crippen LogP contribution in [0.15, 0.2) is 45.1 Å². The normalized spacial score (nSPS) is 13.7. The number of guanidine groups is 1. The van der Waals surface area contributed by atoms with Crippen molar-refractivity contribution in [3.8, 4) is 0 Å². The molecule has 5 nitrogen and oxygen atoms in total. The van der Waals surface area contributed by atoms with Gasteiger partial charge in [0, 0.05) is 30.8 Å². The maximum absolute atomic E-state index is 12.6. The monoisotopic (exact) mass is 396 g/mol. The largest absolute Gasteiger partial charge is 0.459 e. The summed E-state index contributed by atoms with van der Waals surface area (Å²) in [6.45, 7) is 2.36. The molecule has 2 N–H and O–H groups in total. The Kier molecular flexibility index (Phi) is 5.69. The van der Waals surface area contributed by atoms with Gasteiger partial charge in [-0.15, -0.1) is 11.3 Å². The molecule has 0 spiro atoms. The Hall–Kier alpha value is -2.55. The molecule has 0 saturated heterocycles. The minimum absolute atomic E-state index is 0.125. The van der Waals surface area contributed by atoms with E-state index in [4.69, 9.17) is 4.42 Å². The highest BCUT2D eigenvalue weighted by molar-refractivity contribution is 7.09. The molecule has 0 amide bonds. The van der Waals surface area contributed by atoms with Crippen molar-refractivity contribution in [1.82, 2.24) is 15.6 Å². The van der Waals surface area contributed by atoms with Gasteiger partial charge in [0.05, 0.1) is 11.0 Å². The van der Waals surface area contributed by atoms with E-state index < -0.39 is 11.9 Å². The first-order valence-corrected chi connectivity index (χ1v) is 9.22. The molecule has 2 heterocycles. The van der Waals surface area contributed by atoms with Crippen LogP contribution in [-0.4, -0.2) is 24.5 Å². The number of rotatable bonds is 5. The summed E-state index contributed by atoms with van der Waals surface area (Å²) in [6, 6.07) is 9.59. The van der Waals surface area contributed by atoms with Gasteiger partial charge in [-0.05, 0) is 19.1 Å². The number of benzene rings is 1. The predicted molar refractivity (Wildman–Crippen MR) is 99.9 cm³/mol. The fourth-order valence-corrected chi connectivity index (χ4v) is 3.34. The van der Waals surface area contributed by atoms with Crippen LogP contribution in [0.4, 0.5) is 13.2 Å². The van der Waals surface area contributed by atoms with Crippen molar-refractivity contribution in [2.45, 2.75) is 25.6 Å². The highest BCUT2D eigenvalue weighted by atomic mass is 32.1. The Morgan fingerprint density at radius 3 is 2.78 bits per heavy atom. The number of nitrogens with one attached hydrogen (secondary N) is 2. The second-order valence-electron chi connectivity index (χ2n) is 5.93. The second kappa shape index (κ2) is 7.99. The van der Waals surface area contributed by atoms with E-state index in [0.717, 1.165) is 33.4 Å². The lowest BCUT2D eigenvalue weighted by Gasteiger charge is -2.16. The summed E-state index contributed by atoms with van der Waals surface area (Å²) in [5.41, 5.74) is -0.0307. The molecule has 0 aliphatic heterocycles. The molecule has 144 valence electrons. The number of furan rings is 1. The summed E-state index contributed by atoms with van der Waals surface area (Å²) in [5, 5.41) is 8.77. The predicted octanol–water partition coefficient (Wildman–Crippen LogP) is 4.38. The third kappa shape index (κ3) is 4.79. The van der Waals surface area contributed by atoms with Crippen LogP contribution in [0.1, 0.15) is 29.4 Å². The lowest BCUT2D eigenvalue weighted by atomic mass is 10.2. The van der Waals surface area contributed by atoms with Crippen LogP contribution in [0, 0.1) is 0 Å². The molecule has 0 radical (unpaired) electrons. The number of hydrogen-bond donors (Lipinski definition) is 2. The first-order chi connectivity index (χ1) is 12.9. The molecule has 9 heteroatoms. The number of aromatic nitrogens is 1. The van der Waals surface area contributed by atoms with Gasteiger partial charge in [0.25, 0.3) is 0 Å². The standard InChI is InChI=1S/C18H19F3N4OS/c1-11(14-9-12-5-3-4-6-13(12)26-14)24-17(22-2)23-8-7-16-25-15(10-27-16)18(19,20)21/h3-6,9-11H,7-8H2,1-2H3,(H2,22,23,24). The lowest BCUT2D eigenvalue weighted by Crippen LogP contribution is -2.39. The summed E-state index contributed by atoms with van der Waals surface area (Å²) in [7, 11) is 1.63. The Morgan fingerprint density at radius 1 is 1.33 bits per heavy atom. The molecule has 1 aromatic carbocycles. The van der Waals surface area contributed by atoms with E-state index in [1.165, 1.54) is 0 Å². The number of alkyl halides is 3. The van der Waals surface area contributed by atoms with E-state index in [1.807, 2.05) is 37.3 Å². The molecule has 0 fully saturated rings. The van der Waals surface area contributed by atoms with E-state index in [9.17, 15) is 13.2 Å². The molecule has 0 aliphatic rings. The van der Waals surface area contributed by atoms with Gasteiger partial charge in [0.2, 0.25) is 0 Å². The van der Waals surface area contributed by atoms with Gasteiger partial charge < -0.3 is 15.1 Å². The molecule has 27 heavy (non-hydrogen) atoms. The number of aliphatic imine (C=N–C) groups is 1. The fraction of sp³-hybridized carbons (Fsp3) is 0.333. The number of para-hydroxylation sites is 1. The van der Waals surface area contributed by atoms with Gasteiger partial charge in [0.1, 0.15) is 11.3 Å². The average molecular weight is 396 g/mol. The minimum Gasteiger partial charge on any atom is -0.459 e. The van der Waals surface area contributed by atoms with Gasteiger partial charge in [-0.25, -0.2) is 4.98 Å². The van der Waals surface area contributed by atoms with Gasteiger partial charge in [0.15, 0.2) is 11.7 Å². The van der Waals surface area contributed by atoms with Crippen LogP contribution in [0.5, 0.6) is 0 Å². The molecule has 0 bridgehead atoms. The van der Waals surface area contributed by atoms with Crippen LogP contribution >= 0.6 is 11.3 Å². The molecule has 3 rings (SSSR count). The number of hydrogen-bond acceptors (Lipinski definition) is 4. The van der Waals surface area contributed by atoms with E-state index in [-0.39, 0.29) is 6.04 Å². The lowest BCUT2D eigenvalue weighted by molar-refractivity contribution is -0.140. The maximum atomic E-state index is 12.6. The van der Waals surface area contributed by atoms with E-state index >= 15 is 0 Å². The zero-order valence-electron chi connectivity index (χ0n) is 14.8. The van der Waals surface area contributed by atoms with Crippen LogP contribution < -0.4 is 10.6 Å². The maximum Gasteiger partial charge on any atom is 0.434 e. The van der Waals surface area contributed by atoms with E-state index in [1.54, 1.807) is 7.05 Å². The first-order valence-electron chi connectivity index (χ1n) is 8.34. The molecule has 1 unspecified atom stereocenters. The number of thiazole rings is 1. The minimum atomic E-state index is -4.40. The topological polar surface area (TPSA) is 62.5 Å². The third-order valence-electron chi connectivity index (χ3n) is 3.92. The SMILES string of the molecule is CN=C(NCCc1nc(C(F)(F)F)cs1)NC(C)c1cc2ccccc2o1. The highest BCUT2D eigenvalue weighted by Crippen LogP contribution is 2.30. The van der Waals surface area contributed by atoms with Gasteiger partial charge in [-0.1, -0.05) is 18.2 Å². The fourth-order valence-electron chi connectivity index (χ4n) is 2.53. The quantitative estimate of drug-likeness (QED) is 0.496. The molecule has 1 atom stereocenters. The Bertz CT molecular complexity index is 899. The number of nitrogens with zero attached hydrogens (tertiary/aromatic N) is 2. The van der Waals surface area contributed by atoms with Crippen LogP contribution in [0.25, 0.3) is 11.0 Å². The van der Waals surface area contributed by atoms with Crippen molar-refractivity contribution in [2.75, 3.05) is 13.6 Å². The highest BCUT2D eigenvalue weighted by Gasteiger charge is 2.33. The van der Waals surface area contributed by atoms with Crippen molar-refractivity contribution in [3.63, 3.8) is 0 Å². The summed E-state index contributed by atoms with van der Waals surface area (Å²) in [6.07, 6.45) is -4.03. The smallest absolute Gasteiger partial charge is 0.434 e. The Morgan fingerprint density at radius 2 is 2.11 bits per heavy atom. The van der Waals surface area contributed by atoms with E-state index in [2.05, 4.69) is 20.6 Å². The van der Waals surface area contributed by atoms with Gasteiger partial charge in [-0.3, -0.25) is 4.99 Å². The summed E-state index contributed by atoms with van der Waals surface area (Å²) >= 11 is 1.00.